The molecule has 0 bridgehead atoms. The molecule has 44 heavy (non-hydrogen) atoms. The second-order valence-corrected chi connectivity index (χ2v) is 12.7. The molecule has 2 amide bonds. The fourth-order valence-corrected chi connectivity index (χ4v) is 6.52. The maximum Gasteiger partial charge on any atom is 0.417 e. The molecule has 0 saturated carbocycles. The summed E-state index contributed by atoms with van der Waals surface area (Å²) in [6, 6.07) is 9.08. The van der Waals surface area contributed by atoms with Gasteiger partial charge in [-0.3, -0.25) is 9.59 Å². The number of ketones is 1. The number of carbonyl (C=O) groups excluding carboxylic acids is 3. The summed E-state index contributed by atoms with van der Waals surface area (Å²) >= 11 is 0. The number of benzene rings is 1. The Labute approximate surface area is 262 Å². The molecular formula is C34H52N2O8. The van der Waals surface area contributed by atoms with E-state index < -0.39 is 48.4 Å². The number of hydrogen-bond donors (Lipinski definition) is 1. The molecule has 2 aliphatic rings. The van der Waals surface area contributed by atoms with Crippen LogP contribution in [0, 0.1) is 23.7 Å². The van der Waals surface area contributed by atoms with Gasteiger partial charge in [-0.1, -0.05) is 50.3 Å². The highest BCUT2D eigenvalue weighted by Crippen LogP contribution is 2.34. The Balaban J connectivity index is 1.89. The lowest BCUT2D eigenvalue weighted by molar-refractivity contribution is -0.283. The molecule has 1 N–H and O–H groups in total. The molecule has 0 spiro atoms. The highest BCUT2D eigenvalue weighted by molar-refractivity contribution is 6.07. The minimum atomic E-state index is -1.11. The molecule has 2 saturated heterocycles. The second-order valence-electron chi connectivity index (χ2n) is 12.7. The standard InChI is InChI=1S/C34H52N2O8/c1-9-13-26(16-21(2)19-37)30(44-33-31(41-8)28(35(6)7)17-22(3)43-33)23(4)29(38)24(5)32(39)36-27(20-42-34(36)40)18-25-14-11-10-12-15-25/h9-12,14-15,21-24,26-28,30-31,33,37H,1,13,16-20H2,2-8H3/t21-,22-,23+,24?,26+,27-,28?,30-,31?,33+/m1/s1. The Bertz CT molecular complexity index is 1100. The van der Waals surface area contributed by atoms with Gasteiger partial charge in [0.15, 0.2) is 6.29 Å². The Morgan fingerprint density at radius 2 is 1.89 bits per heavy atom. The summed E-state index contributed by atoms with van der Waals surface area (Å²) in [5.41, 5.74) is 0.963. The summed E-state index contributed by atoms with van der Waals surface area (Å²) < 4.78 is 24.1. The van der Waals surface area contributed by atoms with Gasteiger partial charge in [-0.05, 0) is 71.0 Å². The Hall–Kier alpha value is -2.63. The fraction of sp³-hybridized carbons (Fsp3) is 0.676. The van der Waals surface area contributed by atoms with Crippen molar-refractivity contribution in [2.75, 3.05) is 34.4 Å². The van der Waals surface area contributed by atoms with Gasteiger partial charge in [0.2, 0.25) is 5.91 Å². The van der Waals surface area contributed by atoms with E-state index in [0.29, 0.717) is 19.3 Å². The zero-order valence-corrected chi connectivity index (χ0v) is 27.4. The minimum absolute atomic E-state index is 0.0161. The Kier molecular flexibility index (Phi) is 13.5. The van der Waals surface area contributed by atoms with E-state index in [0.717, 1.165) is 16.9 Å². The maximum atomic E-state index is 14.1. The highest BCUT2D eigenvalue weighted by Gasteiger charge is 2.46. The quantitative estimate of drug-likeness (QED) is 0.217. The summed E-state index contributed by atoms with van der Waals surface area (Å²) in [6.07, 6.45) is 1.38. The van der Waals surface area contributed by atoms with Crippen LogP contribution in [0.1, 0.15) is 52.5 Å². The van der Waals surface area contributed by atoms with Gasteiger partial charge in [0.05, 0.1) is 24.2 Å². The first kappa shape index (κ1) is 35.8. The van der Waals surface area contributed by atoms with Crippen molar-refractivity contribution in [1.29, 1.82) is 0 Å². The van der Waals surface area contributed by atoms with Crippen molar-refractivity contribution in [3.05, 3.63) is 48.6 Å². The predicted molar refractivity (Wildman–Crippen MR) is 167 cm³/mol. The molecule has 246 valence electrons. The van der Waals surface area contributed by atoms with Crippen LogP contribution in [0.15, 0.2) is 43.0 Å². The van der Waals surface area contributed by atoms with E-state index in [4.69, 9.17) is 18.9 Å². The number of aliphatic hydroxyl groups excluding tert-OH is 1. The van der Waals surface area contributed by atoms with Crippen molar-refractivity contribution >= 4 is 17.8 Å². The zero-order chi connectivity index (χ0) is 32.6. The van der Waals surface area contributed by atoms with Crippen LogP contribution in [0.25, 0.3) is 0 Å². The van der Waals surface area contributed by atoms with E-state index in [1.807, 2.05) is 58.3 Å². The summed E-state index contributed by atoms with van der Waals surface area (Å²) in [5, 5.41) is 9.87. The molecule has 2 fully saturated rings. The van der Waals surface area contributed by atoms with Crippen LogP contribution in [0.3, 0.4) is 0 Å². The lowest BCUT2D eigenvalue weighted by atomic mass is 9.79. The SMILES string of the molecule is C=CC[C@@H](C[C@@H](C)CO)[C@H](O[C@@H]1O[C@H](C)CC(N(C)C)C1OC)[C@@H](C)C(=O)C(C)C(=O)N1C(=O)OC[C@H]1Cc1ccccc1. The molecule has 10 nitrogen and oxygen atoms in total. The van der Waals surface area contributed by atoms with Crippen LogP contribution >= 0.6 is 0 Å². The Morgan fingerprint density at radius 3 is 2.48 bits per heavy atom. The van der Waals surface area contributed by atoms with Crippen molar-refractivity contribution in [2.24, 2.45) is 23.7 Å². The third kappa shape index (κ3) is 8.75. The third-order valence-electron chi connectivity index (χ3n) is 9.02. The molecular weight excluding hydrogens is 564 g/mol. The summed E-state index contributed by atoms with van der Waals surface area (Å²) in [4.78, 5) is 43.8. The molecule has 2 aliphatic heterocycles. The minimum Gasteiger partial charge on any atom is -0.447 e. The van der Waals surface area contributed by atoms with E-state index in [1.54, 1.807) is 27.0 Å². The van der Waals surface area contributed by atoms with E-state index in [2.05, 4.69) is 11.5 Å². The van der Waals surface area contributed by atoms with Gasteiger partial charge in [-0.25, -0.2) is 9.69 Å². The molecule has 0 radical (unpaired) electrons. The average molecular weight is 617 g/mol. The monoisotopic (exact) mass is 616 g/mol. The number of ether oxygens (including phenoxy) is 4. The number of methoxy groups -OCH3 is 1. The first-order chi connectivity index (χ1) is 20.9. The Morgan fingerprint density at radius 1 is 1.20 bits per heavy atom. The van der Waals surface area contributed by atoms with Crippen molar-refractivity contribution in [3.8, 4) is 0 Å². The lowest BCUT2D eigenvalue weighted by Crippen LogP contribution is -2.57. The van der Waals surface area contributed by atoms with Gasteiger partial charge in [-0.15, -0.1) is 6.58 Å². The molecule has 10 heteroatoms. The number of rotatable bonds is 16. The number of amides is 2. The fourth-order valence-electron chi connectivity index (χ4n) is 6.52. The first-order valence-electron chi connectivity index (χ1n) is 15.7. The number of Topliss-reactive ketones (excluding diaryl/α,β-unsaturated/α-hetero) is 1. The molecule has 10 atom stereocenters. The molecule has 2 heterocycles. The molecule has 0 aliphatic carbocycles. The van der Waals surface area contributed by atoms with Crippen molar-refractivity contribution < 1.29 is 38.4 Å². The summed E-state index contributed by atoms with van der Waals surface area (Å²) in [6.45, 7) is 11.2. The largest absolute Gasteiger partial charge is 0.447 e. The summed E-state index contributed by atoms with van der Waals surface area (Å²) in [5.74, 6) is -3.03. The zero-order valence-electron chi connectivity index (χ0n) is 27.4. The number of imide groups is 1. The number of likely N-dealkylation sites (N-methyl/N-ethyl adjacent to an activating group) is 1. The van der Waals surface area contributed by atoms with Crippen molar-refractivity contribution in [2.45, 2.75) is 90.1 Å². The van der Waals surface area contributed by atoms with E-state index in [1.165, 1.54) is 0 Å². The maximum absolute atomic E-state index is 14.1. The number of carbonyl (C=O) groups is 3. The number of aliphatic hydroxyl groups is 1. The lowest BCUT2D eigenvalue weighted by Gasteiger charge is -2.45. The van der Waals surface area contributed by atoms with Gasteiger partial charge in [0, 0.05) is 25.7 Å². The van der Waals surface area contributed by atoms with Gasteiger partial charge >= 0.3 is 6.09 Å². The van der Waals surface area contributed by atoms with E-state index in [9.17, 15) is 19.5 Å². The van der Waals surface area contributed by atoms with Gasteiger partial charge in [-0.2, -0.15) is 0 Å². The predicted octanol–water partition coefficient (Wildman–Crippen LogP) is 4.09. The smallest absolute Gasteiger partial charge is 0.417 e. The number of cyclic esters (lactones) is 1. The van der Waals surface area contributed by atoms with E-state index >= 15 is 0 Å². The van der Waals surface area contributed by atoms with Crippen molar-refractivity contribution in [3.63, 3.8) is 0 Å². The average Bonchev–Trinajstić information content (AvgIpc) is 3.37. The van der Waals surface area contributed by atoms with Gasteiger partial charge in [0.25, 0.3) is 0 Å². The van der Waals surface area contributed by atoms with Crippen LogP contribution in [0.5, 0.6) is 0 Å². The number of hydrogen-bond acceptors (Lipinski definition) is 9. The van der Waals surface area contributed by atoms with Crippen LogP contribution in [-0.4, -0.2) is 104 Å². The molecule has 3 rings (SSSR count). The second kappa shape index (κ2) is 16.6. The van der Waals surface area contributed by atoms with Crippen molar-refractivity contribution in [1.82, 2.24) is 9.80 Å². The molecule has 1 aromatic rings. The normalized spacial score (nSPS) is 27.3. The number of allylic oxidation sites excluding steroid dienone is 1. The van der Waals surface area contributed by atoms with Crippen LogP contribution in [-0.2, 0) is 35.0 Å². The topological polar surface area (TPSA) is 115 Å². The first-order valence-corrected chi connectivity index (χ1v) is 15.7. The number of nitrogens with zero attached hydrogens (tertiary/aromatic N) is 2. The van der Waals surface area contributed by atoms with Gasteiger partial charge in [0.1, 0.15) is 18.5 Å². The van der Waals surface area contributed by atoms with Crippen LogP contribution in [0.4, 0.5) is 4.79 Å². The van der Waals surface area contributed by atoms with Crippen LogP contribution < -0.4 is 0 Å². The van der Waals surface area contributed by atoms with Crippen LogP contribution in [0.2, 0.25) is 0 Å². The summed E-state index contributed by atoms with van der Waals surface area (Å²) in [7, 11) is 5.60. The van der Waals surface area contributed by atoms with E-state index in [-0.39, 0.29) is 43.0 Å². The van der Waals surface area contributed by atoms with Gasteiger partial charge < -0.3 is 29.0 Å². The molecule has 0 aromatic heterocycles. The molecule has 3 unspecified atom stereocenters. The highest BCUT2D eigenvalue weighted by atomic mass is 16.7. The third-order valence-corrected chi connectivity index (χ3v) is 9.02. The molecule has 1 aromatic carbocycles.